The molecule has 3 unspecified atom stereocenters. The Hall–Kier alpha value is -0.0800. The molecule has 0 aromatic rings. The maximum absolute atomic E-state index is 5.50. The second kappa shape index (κ2) is 8.08. The average molecular weight is 227 g/mol. The van der Waals surface area contributed by atoms with Crippen LogP contribution in [-0.4, -0.2) is 25.8 Å². The van der Waals surface area contributed by atoms with E-state index in [-0.39, 0.29) is 0 Å². The molecule has 1 fully saturated rings. The zero-order chi connectivity index (χ0) is 11.8. The van der Waals surface area contributed by atoms with Crippen LogP contribution in [0.3, 0.4) is 0 Å². The van der Waals surface area contributed by atoms with Gasteiger partial charge in [0.15, 0.2) is 0 Å². The van der Waals surface area contributed by atoms with E-state index in [1.807, 2.05) is 0 Å². The highest BCUT2D eigenvalue weighted by Crippen LogP contribution is 2.33. The van der Waals surface area contributed by atoms with Crippen molar-refractivity contribution in [3.63, 3.8) is 0 Å². The Bertz CT molecular complexity index is 172. The molecular formula is C14H29NO. The summed E-state index contributed by atoms with van der Waals surface area (Å²) in [7, 11) is 0. The van der Waals surface area contributed by atoms with Gasteiger partial charge in [-0.1, -0.05) is 20.3 Å². The molecule has 3 atom stereocenters. The third-order valence-corrected chi connectivity index (χ3v) is 3.97. The Morgan fingerprint density at radius 1 is 1.19 bits per heavy atom. The van der Waals surface area contributed by atoms with E-state index in [1.54, 1.807) is 0 Å². The number of ether oxygens (including phenoxy) is 1. The van der Waals surface area contributed by atoms with Crippen molar-refractivity contribution in [2.75, 3.05) is 19.8 Å². The Morgan fingerprint density at radius 2 is 2.00 bits per heavy atom. The summed E-state index contributed by atoms with van der Waals surface area (Å²) < 4.78 is 5.50. The van der Waals surface area contributed by atoms with E-state index in [2.05, 4.69) is 26.1 Å². The summed E-state index contributed by atoms with van der Waals surface area (Å²) in [5.74, 6) is 1.80. The highest BCUT2D eigenvalue weighted by Gasteiger charge is 2.28. The lowest BCUT2D eigenvalue weighted by Crippen LogP contribution is -2.41. The second-order valence-electron chi connectivity index (χ2n) is 5.00. The Labute approximate surface area is 101 Å². The van der Waals surface area contributed by atoms with Crippen LogP contribution >= 0.6 is 0 Å². The van der Waals surface area contributed by atoms with Gasteiger partial charge in [0.2, 0.25) is 0 Å². The smallest absolute Gasteiger partial charge is 0.0469 e. The number of rotatable bonds is 7. The van der Waals surface area contributed by atoms with Crippen molar-refractivity contribution < 1.29 is 4.74 Å². The number of nitrogens with one attached hydrogen (secondary N) is 1. The van der Waals surface area contributed by atoms with Crippen LogP contribution in [0.4, 0.5) is 0 Å². The molecule has 0 heterocycles. The van der Waals surface area contributed by atoms with Crippen LogP contribution < -0.4 is 5.32 Å². The van der Waals surface area contributed by atoms with E-state index >= 15 is 0 Å². The summed E-state index contributed by atoms with van der Waals surface area (Å²) in [6.45, 7) is 9.53. The minimum atomic E-state index is 0.744. The molecule has 0 bridgehead atoms. The van der Waals surface area contributed by atoms with Crippen molar-refractivity contribution in [1.82, 2.24) is 5.32 Å². The maximum Gasteiger partial charge on any atom is 0.0469 e. The number of hydrogen-bond acceptors (Lipinski definition) is 2. The molecule has 96 valence electrons. The van der Waals surface area contributed by atoms with Crippen LogP contribution in [0.15, 0.2) is 0 Å². The van der Waals surface area contributed by atoms with Gasteiger partial charge < -0.3 is 10.1 Å². The quantitative estimate of drug-likeness (QED) is 0.674. The van der Waals surface area contributed by atoms with Gasteiger partial charge in [0.1, 0.15) is 0 Å². The molecular weight excluding hydrogens is 198 g/mol. The summed E-state index contributed by atoms with van der Waals surface area (Å²) in [5.41, 5.74) is 0. The molecule has 16 heavy (non-hydrogen) atoms. The summed E-state index contributed by atoms with van der Waals surface area (Å²) >= 11 is 0. The van der Waals surface area contributed by atoms with E-state index in [0.29, 0.717) is 0 Å². The van der Waals surface area contributed by atoms with Gasteiger partial charge >= 0.3 is 0 Å². The first-order valence-electron chi connectivity index (χ1n) is 7.12. The fraction of sp³-hybridized carbons (Fsp3) is 1.00. The fourth-order valence-corrected chi connectivity index (χ4v) is 2.96. The van der Waals surface area contributed by atoms with Crippen LogP contribution in [0.5, 0.6) is 0 Å². The fourth-order valence-electron chi connectivity index (χ4n) is 2.96. The molecule has 1 N–H and O–H groups in total. The average Bonchev–Trinajstić information content (AvgIpc) is 2.31. The maximum atomic E-state index is 5.50. The largest absolute Gasteiger partial charge is 0.382 e. The van der Waals surface area contributed by atoms with Gasteiger partial charge in [0.05, 0.1) is 0 Å². The SMILES string of the molecule is CCNC1CCC(CC)CC1CCOCC. The van der Waals surface area contributed by atoms with E-state index < -0.39 is 0 Å². The first-order valence-corrected chi connectivity index (χ1v) is 7.12. The molecule has 2 heteroatoms. The Kier molecular flexibility index (Phi) is 7.06. The molecule has 1 aliphatic rings. The number of hydrogen-bond donors (Lipinski definition) is 1. The van der Waals surface area contributed by atoms with E-state index in [9.17, 15) is 0 Å². The van der Waals surface area contributed by atoms with Crippen LogP contribution in [0.25, 0.3) is 0 Å². The normalized spacial score (nSPS) is 30.6. The van der Waals surface area contributed by atoms with Gasteiger partial charge in [-0.15, -0.1) is 0 Å². The summed E-state index contributed by atoms with van der Waals surface area (Å²) in [6, 6.07) is 0.744. The monoisotopic (exact) mass is 227 g/mol. The van der Waals surface area contributed by atoms with Crippen molar-refractivity contribution in [3.8, 4) is 0 Å². The molecule has 0 radical (unpaired) electrons. The van der Waals surface area contributed by atoms with Crippen molar-refractivity contribution in [1.29, 1.82) is 0 Å². The summed E-state index contributed by atoms with van der Waals surface area (Å²) in [6.07, 6.45) is 6.77. The molecule has 0 aromatic heterocycles. The zero-order valence-electron chi connectivity index (χ0n) is 11.3. The van der Waals surface area contributed by atoms with Gasteiger partial charge in [0.25, 0.3) is 0 Å². The minimum Gasteiger partial charge on any atom is -0.382 e. The van der Waals surface area contributed by atoms with Gasteiger partial charge in [-0.3, -0.25) is 0 Å². The van der Waals surface area contributed by atoms with Gasteiger partial charge in [-0.2, -0.15) is 0 Å². The minimum absolute atomic E-state index is 0.744. The predicted octanol–water partition coefficient (Wildman–Crippen LogP) is 3.22. The van der Waals surface area contributed by atoms with Crippen molar-refractivity contribution in [3.05, 3.63) is 0 Å². The van der Waals surface area contributed by atoms with E-state index in [0.717, 1.165) is 37.6 Å². The van der Waals surface area contributed by atoms with Crippen LogP contribution in [-0.2, 0) is 4.74 Å². The standard InChI is InChI=1S/C14H29NO/c1-4-12-7-8-14(15-5-2)13(11-12)9-10-16-6-3/h12-15H,4-11H2,1-3H3. The van der Waals surface area contributed by atoms with Gasteiger partial charge in [0, 0.05) is 19.3 Å². The molecule has 0 spiro atoms. The summed E-state index contributed by atoms with van der Waals surface area (Å²) in [4.78, 5) is 0. The van der Waals surface area contributed by atoms with E-state index in [1.165, 1.54) is 32.1 Å². The second-order valence-corrected chi connectivity index (χ2v) is 5.00. The van der Waals surface area contributed by atoms with Gasteiger partial charge in [-0.05, 0) is 51.0 Å². The Balaban J connectivity index is 2.37. The molecule has 1 rings (SSSR count). The highest BCUT2D eigenvalue weighted by molar-refractivity contribution is 4.84. The van der Waals surface area contributed by atoms with Crippen LogP contribution in [0, 0.1) is 11.8 Å². The van der Waals surface area contributed by atoms with Crippen molar-refractivity contribution in [2.45, 2.75) is 58.9 Å². The first kappa shape index (κ1) is 14.0. The molecule has 1 saturated carbocycles. The topological polar surface area (TPSA) is 21.3 Å². The molecule has 1 aliphatic carbocycles. The molecule has 0 aliphatic heterocycles. The molecule has 0 saturated heterocycles. The third-order valence-electron chi connectivity index (χ3n) is 3.97. The van der Waals surface area contributed by atoms with E-state index in [4.69, 9.17) is 4.74 Å². The molecule has 0 aromatic carbocycles. The first-order chi connectivity index (χ1) is 7.81. The highest BCUT2D eigenvalue weighted by atomic mass is 16.5. The molecule has 2 nitrogen and oxygen atoms in total. The van der Waals surface area contributed by atoms with Crippen LogP contribution in [0.2, 0.25) is 0 Å². The van der Waals surface area contributed by atoms with Gasteiger partial charge in [-0.25, -0.2) is 0 Å². The lowest BCUT2D eigenvalue weighted by molar-refractivity contribution is 0.104. The molecule has 0 amide bonds. The third kappa shape index (κ3) is 4.42. The van der Waals surface area contributed by atoms with Crippen molar-refractivity contribution >= 4 is 0 Å². The lowest BCUT2D eigenvalue weighted by atomic mass is 9.75. The Morgan fingerprint density at radius 3 is 2.62 bits per heavy atom. The lowest BCUT2D eigenvalue weighted by Gasteiger charge is -2.36. The van der Waals surface area contributed by atoms with Crippen LogP contribution in [0.1, 0.15) is 52.9 Å². The zero-order valence-corrected chi connectivity index (χ0v) is 11.3. The predicted molar refractivity (Wildman–Crippen MR) is 69.7 cm³/mol. The van der Waals surface area contributed by atoms with Crippen molar-refractivity contribution in [2.24, 2.45) is 11.8 Å². The summed E-state index contributed by atoms with van der Waals surface area (Å²) in [5, 5.41) is 3.65.